The number of carbonyl (C=O) groups is 2. The van der Waals surface area contributed by atoms with Crippen molar-refractivity contribution in [2.75, 3.05) is 59.3 Å². The minimum Gasteiger partial charge on any atom is -0.377 e. The van der Waals surface area contributed by atoms with Gasteiger partial charge in [-0.2, -0.15) is 0 Å². The molecule has 0 saturated heterocycles. The SMILES string of the molecule is CC(=O)NCCOCCOCCOCCNC(=O)COC(C)C.CCC. The molecular weight excluding hydrogens is 340 g/mol. The van der Waals surface area contributed by atoms with Crippen LogP contribution < -0.4 is 10.6 Å². The quantitative estimate of drug-likeness (QED) is 0.415. The Hall–Kier alpha value is -1.22. The summed E-state index contributed by atoms with van der Waals surface area (Å²) in [6, 6.07) is 0. The maximum Gasteiger partial charge on any atom is 0.246 e. The maximum atomic E-state index is 11.3. The molecule has 0 aromatic rings. The Morgan fingerprint density at radius 1 is 0.808 bits per heavy atom. The number of amides is 2. The number of nitrogens with one attached hydrogen (secondary N) is 2. The minimum absolute atomic E-state index is 0.0449. The normalized spacial score (nSPS) is 10.2. The van der Waals surface area contributed by atoms with E-state index in [9.17, 15) is 9.59 Å². The van der Waals surface area contributed by atoms with E-state index in [0.29, 0.717) is 52.7 Å². The molecule has 0 rings (SSSR count). The fourth-order valence-corrected chi connectivity index (χ4v) is 1.40. The highest BCUT2D eigenvalue weighted by atomic mass is 16.5. The Kier molecular flexibility index (Phi) is 22.7. The van der Waals surface area contributed by atoms with Crippen LogP contribution in [0.5, 0.6) is 0 Å². The van der Waals surface area contributed by atoms with Crippen LogP contribution in [-0.4, -0.2) is 77.3 Å². The molecule has 0 fully saturated rings. The minimum atomic E-state index is -0.144. The second kappa shape index (κ2) is 21.8. The molecule has 0 spiro atoms. The van der Waals surface area contributed by atoms with E-state index < -0.39 is 0 Å². The highest BCUT2D eigenvalue weighted by Gasteiger charge is 2.02. The molecule has 0 aromatic heterocycles. The van der Waals surface area contributed by atoms with Gasteiger partial charge in [-0.15, -0.1) is 0 Å². The number of hydrogen-bond acceptors (Lipinski definition) is 6. The first kappa shape index (κ1) is 27.0. The summed E-state index contributed by atoms with van der Waals surface area (Å²) in [6.07, 6.45) is 1.29. The highest BCUT2D eigenvalue weighted by Crippen LogP contribution is 1.86. The summed E-state index contributed by atoms with van der Waals surface area (Å²) in [6.45, 7) is 13.3. The van der Waals surface area contributed by atoms with Gasteiger partial charge in [-0.3, -0.25) is 9.59 Å². The van der Waals surface area contributed by atoms with Crippen LogP contribution in [0.15, 0.2) is 0 Å². The first-order valence-corrected chi connectivity index (χ1v) is 9.29. The first-order valence-electron chi connectivity index (χ1n) is 9.29. The smallest absolute Gasteiger partial charge is 0.246 e. The van der Waals surface area contributed by atoms with Gasteiger partial charge in [0, 0.05) is 20.0 Å². The number of hydrogen-bond donors (Lipinski definition) is 2. The van der Waals surface area contributed by atoms with Gasteiger partial charge in [-0.05, 0) is 13.8 Å². The second-order valence-corrected chi connectivity index (χ2v) is 5.74. The average molecular weight is 379 g/mol. The van der Waals surface area contributed by atoms with E-state index in [4.69, 9.17) is 18.9 Å². The first-order chi connectivity index (χ1) is 12.4. The van der Waals surface area contributed by atoms with Crippen molar-refractivity contribution in [2.24, 2.45) is 0 Å². The largest absolute Gasteiger partial charge is 0.377 e. The lowest BCUT2D eigenvalue weighted by molar-refractivity contribution is -0.127. The monoisotopic (exact) mass is 378 g/mol. The van der Waals surface area contributed by atoms with Crippen molar-refractivity contribution in [2.45, 2.75) is 47.1 Å². The molecule has 156 valence electrons. The predicted octanol–water partition coefficient (Wildman–Crippen LogP) is 1.13. The molecule has 0 unspecified atom stereocenters. The van der Waals surface area contributed by atoms with Crippen molar-refractivity contribution in [3.63, 3.8) is 0 Å². The molecule has 8 heteroatoms. The molecule has 0 bridgehead atoms. The third-order valence-electron chi connectivity index (χ3n) is 2.48. The maximum absolute atomic E-state index is 11.3. The van der Waals surface area contributed by atoms with Crippen LogP contribution in [0.25, 0.3) is 0 Å². The van der Waals surface area contributed by atoms with E-state index in [1.165, 1.54) is 13.3 Å². The van der Waals surface area contributed by atoms with Crippen LogP contribution in [0, 0.1) is 0 Å². The molecule has 0 radical (unpaired) electrons. The molecule has 2 N–H and O–H groups in total. The zero-order valence-corrected chi connectivity index (χ0v) is 17.1. The van der Waals surface area contributed by atoms with Gasteiger partial charge in [0.1, 0.15) is 6.61 Å². The summed E-state index contributed by atoms with van der Waals surface area (Å²) in [4.78, 5) is 21.9. The van der Waals surface area contributed by atoms with Gasteiger partial charge in [0.05, 0.1) is 45.7 Å². The number of rotatable bonds is 15. The van der Waals surface area contributed by atoms with Gasteiger partial charge >= 0.3 is 0 Å². The summed E-state index contributed by atoms with van der Waals surface area (Å²) >= 11 is 0. The average Bonchev–Trinajstić information content (AvgIpc) is 2.57. The Morgan fingerprint density at radius 2 is 1.23 bits per heavy atom. The summed E-state index contributed by atoms with van der Waals surface area (Å²) in [5.74, 6) is -0.208. The zero-order valence-electron chi connectivity index (χ0n) is 17.1. The Morgan fingerprint density at radius 3 is 1.65 bits per heavy atom. The second-order valence-electron chi connectivity index (χ2n) is 5.74. The predicted molar refractivity (Wildman–Crippen MR) is 101 cm³/mol. The Labute approximate surface area is 158 Å². The fourth-order valence-electron chi connectivity index (χ4n) is 1.40. The van der Waals surface area contributed by atoms with Crippen LogP contribution in [0.3, 0.4) is 0 Å². The third kappa shape index (κ3) is 27.6. The van der Waals surface area contributed by atoms with E-state index in [1.54, 1.807) is 0 Å². The van der Waals surface area contributed by atoms with Crippen LogP contribution in [0.2, 0.25) is 0 Å². The number of carbonyl (C=O) groups excluding carboxylic acids is 2. The van der Waals surface area contributed by atoms with Crippen molar-refractivity contribution in [3.05, 3.63) is 0 Å². The summed E-state index contributed by atoms with van der Waals surface area (Å²) in [5, 5.41) is 5.33. The fraction of sp³-hybridized carbons (Fsp3) is 0.889. The van der Waals surface area contributed by atoms with Gasteiger partial charge in [-0.1, -0.05) is 20.3 Å². The topological polar surface area (TPSA) is 95.1 Å². The standard InChI is InChI=1S/C15H30N2O6.C3H8/c1-13(2)23-12-15(19)17-5-7-21-9-11-22-10-8-20-6-4-16-14(3)18;1-3-2/h13H,4-12H2,1-3H3,(H,16,18)(H,17,19);3H2,1-2H3. The van der Waals surface area contributed by atoms with E-state index >= 15 is 0 Å². The van der Waals surface area contributed by atoms with Gasteiger partial charge in [0.25, 0.3) is 0 Å². The molecule has 0 aliphatic heterocycles. The summed E-state index contributed by atoms with van der Waals surface area (Å²) in [7, 11) is 0. The lowest BCUT2D eigenvalue weighted by Gasteiger charge is -2.09. The van der Waals surface area contributed by atoms with Crippen LogP contribution in [0.1, 0.15) is 41.0 Å². The zero-order chi connectivity index (χ0) is 20.0. The molecule has 8 nitrogen and oxygen atoms in total. The summed E-state index contributed by atoms with van der Waals surface area (Å²) in [5.41, 5.74) is 0. The van der Waals surface area contributed by atoms with Crippen molar-refractivity contribution in [1.29, 1.82) is 0 Å². The van der Waals surface area contributed by atoms with Gasteiger partial charge in [0.15, 0.2) is 0 Å². The molecule has 0 aliphatic rings. The lowest BCUT2D eigenvalue weighted by Crippen LogP contribution is -2.31. The van der Waals surface area contributed by atoms with Crippen molar-refractivity contribution >= 4 is 11.8 Å². The molecule has 2 amide bonds. The van der Waals surface area contributed by atoms with Gasteiger partial charge in [-0.25, -0.2) is 0 Å². The van der Waals surface area contributed by atoms with Crippen LogP contribution in [-0.2, 0) is 28.5 Å². The molecule has 0 saturated carbocycles. The van der Waals surface area contributed by atoms with E-state index in [2.05, 4.69) is 24.5 Å². The lowest BCUT2D eigenvalue weighted by atomic mass is 10.5. The van der Waals surface area contributed by atoms with Crippen LogP contribution in [0.4, 0.5) is 0 Å². The van der Waals surface area contributed by atoms with E-state index in [1.807, 2.05) is 13.8 Å². The van der Waals surface area contributed by atoms with Gasteiger partial charge in [0.2, 0.25) is 11.8 Å². The molecule has 26 heavy (non-hydrogen) atoms. The molecule has 0 atom stereocenters. The third-order valence-corrected chi connectivity index (χ3v) is 2.48. The number of ether oxygens (including phenoxy) is 4. The molecule has 0 aromatic carbocycles. The van der Waals surface area contributed by atoms with Crippen LogP contribution >= 0.6 is 0 Å². The molecule has 0 heterocycles. The van der Waals surface area contributed by atoms with Crippen molar-refractivity contribution < 1.29 is 28.5 Å². The highest BCUT2D eigenvalue weighted by molar-refractivity contribution is 5.77. The summed E-state index contributed by atoms with van der Waals surface area (Å²) < 4.78 is 21.0. The Bertz CT molecular complexity index is 327. The van der Waals surface area contributed by atoms with E-state index in [-0.39, 0.29) is 24.5 Å². The van der Waals surface area contributed by atoms with Crippen molar-refractivity contribution in [1.82, 2.24) is 10.6 Å². The Balaban J connectivity index is 0. The van der Waals surface area contributed by atoms with E-state index in [0.717, 1.165) is 0 Å². The van der Waals surface area contributed by atoms with Gasteiger partial charge < -0.3 is 29.6 Å². The van der Waals surface area contributed by atoms with Crippen molar-refractivity contribution in [3.8, 4) is 0 Å². The molecular formula is C18H38N2O6. The molecule has 0 aliphatic carbocycles.